The number of anilines is 1. The number of hydrogen-bond acceptors (Lipinski definition) is 4. The van der Waals surface area contributed by atoms with E-state index in [0.29, 0.717) is 19.1 Å². The quantitative estimate of drug-likeness (QED) is 0.866. The largest absolute Gasteiger partial charge is 0.354 e. The lowest BCUT2D eigenvalue weighted by Gasteiger charge is -2.25. The van der Waals surface area contributed by atoms with E-state index < -0.39 is 0 Å². The van der Waals surface area contributed by atoms with Gasteiger partial charge >= 0.3 is 0 Å². The number of hydrogen-bond donors (Lipinski definition) is 2. The van der Waals surface area contributed by atoms with Crippen LogP contribution in [0.5, 0.6) is 0 Å². The monoisotopic (exact) mass is 369 g/mol. The molecule has 2 N–H and O–H groups in total. The Morgan fingerprint density at radius 1 is 1.30 bits per heavy atom. The van der Waals surface area contributed by atoms with Crippen LogP contribution in [0.3, 0.4) is 0 Å². The minimum Gasteiger partial charge on any atom is -0.354 e. The highest BCUT2D eigenvalue weighted by Gasteiger charge is 2.21. The van der Waals surface area contributed by atoms with Crippen LogP contribution < -0.4 is 10.6 Å². The summed E-state index contributed by atoms with van der Waals surface area (Å²) in [7, 11) is 0. The van der Waals surface area contributed by atoms with Crippen molar-refractivity contribution in [3.8, 4) is 0 Å². The molecule has 2 aliphatic rings. The Labute approximate surface area is 159 Å². The third-order valence-corrected chi connectivity index (χ3v) is 5.57. The molecule has 2 amide bonds. The predicted octanol–water partition coefficient (Wildman–Crippen LogP) is 2.22. The van der Waals surface area contributed by atoms with Crippen LogP contribution in [-0.2, 0) is 9.59 Å². The molecule has 0 radical (unpaired) electrons. The van der Waals surface area contributed by atoms with Gasteiger partial charge in [0.05, 0.1) is 24.1 Å². The summed E-state index contributed by atoms with van der Waals surface area (Å²) in [5.74, 6) is 0.909. The lowest BCUT2D eigenvalue weighted by Crippen LogP contribution is -2.49. The number of nitrogens with one attached hydrogen (secondary N) is 2. The molecule has 1 aliphatic heterocycles. The van der Waals surface area contributed by atoms with Crippen LogP contribution >= 0.6 is 0 Å². The third kappa shape index (κ3) is 3.98. The van der Waals surface area contributed by atoms with Gasteiger partial charge in [-0.05, 0) is 38.0 Å². The Hall–Kier alpha value is -2.41. The van der Waals surface area contributed by atoms with Crippen molar-refractivity contribution in [3.05, 3.63) is 24.0 Å². The topological polar surface area (TPSA) is 79.3 Å². The van der Waals surface area contributed by atoms with E-state index in [-0.39, 0.29) is 24.9 Å². The number of fused-ring (bicyclic) bond motifs is 1. The van der Waals surface area contributed by atoms with Gasteiger partial charge in [-0.3, -0.25) is 14.5 Å². The van der Waals surface area contributed by atoms with Crippen LogP contribution in [0.25, 0.3) is 11.0 Å². The maximum Gasteiger partial charge on any atom is 0.238 e. The summed E-state index contributed by atoms with van der Waals surface area (Å²) in [4.78, 5) is 30.3. The fourth-order valence-corrected chi connectivity index (χ4v) is 4.33. The molecule has 0 atom stereocenters. The molecule has 27 heavy (non-hydrogen) atoms. The van der Waals surface area contributed by atoms with E-state index in [1.807, 2.05) is 17.0 Å². The lowest BCUT2D eigenvalue weighted by molar-refractivity contribution is -0.125. The number of rotatable bonds is 4. The van der Waals surface area contributed by atoms with Crippen molar-refractivity contribution >= 4 is 28.5 Å². The molecule has 1 aromatic heterocycles. The van der Waals surface area contributed by atoms with Crippen LogP contribution in [0.4, 0.5) is 5.69 Å². The van der Waals surface area contributed by atoms with E-state index in [1.54, 1.807) is 0 Å². The number of piperazine rings is 1. The number of benzene rings is 1. The summed E-state index contributed by atoms with van der Waals surface area (Å²) in [6, 6.07) is 6.49. The SMILES string of the molecule is Cc1nc2cc(NC(=O)CN3CCNC(=O)C3)ccc2n1C1CCCCC1. The summed E-state index contributed by atoms with van der Waals surface area (Å²) in [6.07, 6.45) is 6.33. The number of carbonyl (C=O) groups is 2. The molecule has 1 aliphatic carbocycles. The minimum absolute atomic E-state index is 0.0285. The summed E-state index contributed by atoms with van der Waals surface area (Å²) in [6.45, 7) is 3.85. The van der Waals surface area contributed by atoms with Gasteiger partial charge < -0.3 is 15.2 Å². The number of amides is 2. The van der Waals surface area contributed by atoms with Crippen molar-refractivity contribution in [2.75, 3.05) is 31.5 Å². The van der Waals surface area contributed by atoms with Gasteiger partial charge in [0.25, 0.3) is 0 Å². The molecular weight excluding hydrogens is 342 g/mol. The average molecular weight is 369 g/mol. The minimum atomic E-state index is -0.104. The van der Waals surface area contributed by atoms with Gasteiger partial charge in [-0.15, -0.1) is 0 Å². The number of aryl methyl sites for hydroxylation is 1. The molecule has 2 heterocycles. The lowest BCUT2D eigenvalue weighted by atomic mass is 9.95. The van der Waals surface area contributed by atoms with E-state index in [9.17, 15) is 9.59 Å². The zero-order valence-electron chi connectivity index (χ0n) is 15.8. The zero-order valence-corrected chi connectivity index (χ0v) is 15.8. The fourth-order valence-electron chi connectivity index (χ4n) is 4.33. The van der Waals surface area contributed by atoms with Crippen LogP contribution in [0.1, 0.15) is 44.0 Å². The molecule has 1 aromatic carbocycles. The van der Waals surface area contributed by atoms with Crippen molar-refractivity contribution in [1.82, 2.24) is 19.8 Å². The van der Waals surface area contributed by atoms with Gasteiger partial charge in [0, 0.05) is 24.8 Å². The van der Waals surface area contributed by atoms with E-state index in [2.05, 4.69) is 28.2 Å². The van der Waals surface area contributed by atoms with Crippen LogP contribution in [0.2, 0.25) is 0 Å². The van der Waals surface area contributed by atoms with Crippen molar-refractivity contribution in [3.63, 3.8) is 0 Å². The molecule has 0 bridgehead atoms. The van der Waals surface area contributed by atoms with Gasteiger partial charge in [-0.1, -0.05) is 19.3 Å². The highest BCUT2D eigenvalue weighted by Crippen LogP contribution is 2.33. The van der Waals surface area contributed by atoms with Crippen molar-refractivity contribution in [2.45, 2.75) is 45.1 Å². The van der Waals surface area contributed by atoms with Gasteiger partial charge in [0.2, 0.25) is 11.8 Å². The average Bonchev–Trinajstić information content (AvgIpc) is 2.97. The molecule has 2 aromatic rings. The molecule has 7 nitrogen and oxygen atoms in total. The summed E-state index contributed by atoms with van der Waals surface area (Å²) >= 11 is 0. The Bertz CT molecular complexity index is 853. The summed E-state index contributed by atoms with van der Waals surface area (Å²) < 4.78 is 2.37. The number of nitrogens with zero attached hydrogens (tertiary/aromatic N) is 3. The molecule has 2 fully saturated rings. The number of aromatic nitrogens is 2. The molecule has 7 heteroatoms. The van der Waals surface area contributed by atoms with Gasteiger partial charge in [0.1, 0.15) is 5.82 Å². The first-order chi connectivity index (χ1) is 13.1. The molecule has 0 spiro atoms. The Balaban J connectivity index is 1.47. The van der Waals surface area contributed by atoms with Crippen LogP contribution in [0, 0.1) is 6.92 Å². The second-order valence-electron chi connectivity index (χ2n) is 7.63. The zero-order chi connectivity index (χ0) is 18.8. The standard InChI is InChI=1S/C20H27N5O2/c1-14-22-17-11-15(23-20(27)13-24-10-9-21-19(26)12-24)7-8-18(17)25(14)16-5-3-2-4-6-16/h7-8,11,16H,2-6,9-10,12-13H2,1H3,(H,21,26)(H,23,27). The molecule has 1 saturated heterocycles. The van der Waals surface area contributed by atoms with Gasteiger partial charge in [-0.2, -0.15) is 0 Å². The Morgan fingerprint density at radius 2 is 2.11 bits per heavy atom. The highest BCUT2D eigenvalue weighted by atomic mass is 16.2. The Morgan fingerprint density at radius 3 is 2.89 bits per heavy atom. The molecule has 0 unspecified atom stereocenters. The van der Waals surface area contributed by atoms with Crippen LogP contribution in [-0.4, -0.2) is 52.4 Å². The second kappa shape index (κ2) is 7.68. The Kier molecular flexibility index (Phi) is 5.11. The first-order valence-electron chi connectivity index (χ1n) is 9.87. The molecule has 1 saturated carbocycles. The van der Waals surface area contributed by atoms with Crippen molar-refractivity contribution in [1.29, 1.82) is 0 Å². The second-order valence-corrected chi connectivity index (χ2v) is 7.63. The fraction of sp³-hybridized carbons (Fsp3) is 0.550. The third-order valence-electron chi connectivity index (χ3n) is 5.57. The number of imidazole rings is 1. The van der Waals surface area contributed by atoms with Gasteiger partial charge in [-0.25, -0.2) is 4.98 Å². The summed E-state index contributed by atoms with van der Waals surface area (Å²) in [5, 5.41) is 5.71. The maximum atomic E-state index is 12.3. The van der Waals surface area contributed by atoms with E-state index in [4.69, 9.17) is 4.98 Å². The first-order valence-corrected chi connectivity index (χ1v) is 9.87. The molecule has 144 valence electrons. The van der Waals surface area contributed by atoms with Gasteiger partial charge in [0.15, 0.2) is 0 Å². The van der Waals surface area contributed by atoms with Crippen molar-refractivity contribution < 1.29 is 9.59 Å². The normalized spacial score (nSPS) is 19.2. The maximum absolute atomic E-state index is 12.3. The van der Waals surface area contributed by atoms with E-state index in [0.717, 1.165) is 22.5 Å². The summed E-state index contributed by atoms with van der Waals surface area (Å²) in [5.41, 5.74) is 2.82. The molecular formula is C20H27N5O2. The predicted molar refractivity (Wildman–Crippen MR) is 105 cm³/mol. The highest BCUT2D eigenvalue weighted by molar-refractivity contribution is 5.94. The molecule has 4 rings (SSSR count). The van der Waals surface area contributed by atoms with Crippen LogP contribution in [0.15, 0.2) is 18.2 Å². The number of carbonyl (C=O) groups excluding carboxylic acids is 2. The first kappa shape index (κ1) is 18.0. The van der Waals surface area contributed by atoms with E-state index in [1.165, 1.54) is 32.1 Å². The smallest absolute Gasteiger partial charge is 0.238 e. The van der Waals surface area contributed by atoms with E-state index >= 15 is 0 Å². The van der Waals surface area contributed by atoms with Crippen molar-refractivity contribution in [2.24, 2.45) is 0 Å².